The molecule has 1 aromatic carbocycles. The van der Waals surface area contributed by atoms with Crippen LogP contribution < -0.4 is 14.5 Å². The number of allylic oxidation sites excluding steroid dienone is 1. The molecular weight excluding hydrogens is 510 g/mol. The number of benzene rings is 1. The average molecular weight is 550 g/mol. The summed E-state index contributed by atoms with van der Waals surface area (Å²) >= 11 is 6.57. The van der Waals surface area contributed by atoms with Crippen LogP contribution >= 0.6 is 11.6 Å². The topological polar surface area (TPSA) is 71.8 Å². The lowest BCUT2D eigenvalue weighted by atomic mass is 9.97. The summed E-state index contributed by atoms with van der Waals surface area (Å²) in [7, 11) is 4.30. The Hall–Kier alpha value is -3.02. The van der Waals surface area contributed by atoms with Crippen LogP contribution in [-0.4, -0.2) is 78.2 Å². The number of ether oxygens (including phenoxy) is 1. The smallest absolute Gasteiger partial charge is 0.318 e. The van der Waals surface area contributed by atoms with Crippen molar-refractivity contribution in [3.63, 3.8) is 0 Å². The van der Waals surface area contributed by atoms with E-state index in [0.717, 1.165) is 67.7 Å². The van der Waals surface area contributed by atoms with Crippen molar-refractivity contribution in [3.05, 3.63) is 52.8 Å². The Labute approximate surface area is 237 Å². The number of likely N-dealkylation sites (N-methyl/N-ethyl adjacent to an activating group) is 1. The molecule has 0 unspecified atom stereocenters. The van der Waals surface area contributed by atoms with E-state index in [1.54, 1.807) is 0 Å². The lowest BCUT2D eigenvalue weighted by molar-refractivity contribution is 0.0811. The van der Waals surface area contributed by atoms with Crippen molar-refractivity contribution in [3.8, 4) is 12.1 Å². The molecule has 2 fully saturated rings. The number of nitriles is 1. The lowest BCUT2D eigenvalue weighted by Gasteiger charge is -2.42. The Morgan fingerprint density at radius 3 is 2.67 bits per heavy atom. The summed E-state index contributed by atoms with van der Waals surface area (Å²) in [5.74, 6) is 0.960. The van der Waals surface area contributed by atoms with Crippen LogP contribution in [0.4, 0.5) is 11.5 Å². The molecule has 1 saturated carbocycles. The number of aromatic nitrogens is 2. The fraction of sp³-hybridized carbons (Fsp3) is 0.567. The van der Waals surface area contributed by atoms with E-state index in [4.69, 9.17) is 26.3 Å². The summed E-state index contributed by atoms with van der Waals surface area (Å²) in [4.78, 5) is 19.3. The van der Waals surface area contributed by atoms with Crippen molar-refractivity contribution in [2.75, 3.05) is 56.7 Å². The van der Waals surface area contributed by atoms with Crippen LogP contribution in [0.3, 0.4) is 0 Å². The van der Waals surface area contributed by atoms with E-state index in [1.807, 2.05) is 31.2 Å². The van der Waals surface area contributed by atoms with Gasteiger partial charge in [-0.05, 0) is 58.6 Å². The van der Waals surface area contributed by atoms with Crippen molar-refractivity contribution in [1.82, 2.24) is 19.8 Å². The molecule has 3 aliphatic rings. The number of anilines is 2. The molecule has 0 spiro atoms. The van der Waals surface area contributed by atoms with Crippen molar-refractivity contribution < 1.29 is 4.74 Å². The van der Waals surface area contributed by atoms with Gasteiger partial charge in [0.25, 0.3) is 0 Å². The maximum Gasteiger partial charge on any atom is 0.318 e. The molecule has 8 nitrogen and oxygen atoms in total. The van der Waals surface area contributed by atoms with Gasteiger partial charge in [-0.2, -0.15) is 15.2 Å². The van der Waals surface area contributed by atoms with Crippen LogP contribution in [0.25, 0.3) is 0 Å². The summed E-state index contributed by atoms with van der Waals surface area (Å²) in [6, 6.07) is 11.0. The maximum atomic E-state index is 9.51. The lowest BCUT2D eigenvalue weighted by Crippen LogP contribution is -2.51. The van der Waals surface area contributed by atoms with Gasteiger partial charge in [0.05, 0.1) is 47.0 Å². The van der Waals surface area contributed by atoms with Gasteiger partial charge in [-0.3, -0.25) is 0 Å². The minimum atomic E-state index is 0.0268. The van der Waals surface area contributed by atoms with Gasteiger partial charge < -0.3 is 24.3 Å². The molecule has 1 atom stereocenters. The highest BCUT2D eigenvalue weighted by Crippen LogP contribution is 2.36. The minimum absolute atomic E-state index is 0.0268. The molecule has 2 aliphatic heterocycles. The first-order valence-corrected chi connectivity index (χ1v) is 14.5. The Morgan fingerprint density at radius 1 is 1.15 bits per heavy atom. The minimum Gasteiger partial charge on any atom is -0.461 e. The molecule has 5 rings (SSSR count). The normalized spacial score (nSPS) is 20.9. The standard InChI is InChI=1S/C30H40ClN7O/c1-4-16-36-18-19-38(20-23(36)11-15-32)28-24-12-17-37(27-10-6-5-9-25(27)31)21-26(24)33-29(34-28)39-22-30(35(2)3)13-7-8-14-30/h4-6,9-10,16,23H,7-8,11-14,17-22H2,1-3H3/t23-/m0/s1. The summed E-state index contributed by atoms with van der Waals surface area (Å²) in [5, 5.41) is 10.3. The van der Waals surface area contributed by atoms with E-state index >= 15 is 0 Å². The van der Waals surface area contributed by atoms with Crippen LogP contribution in [-0.2, 0) is 13.0 Å². The number of para-hydroxylation sites is 1. The summed E-state index contributed by atoms with van der Waals surface area (Å²) in [6.07, 6.45) is 10.2. The largest absolute Gasteiger partial charge is 0.461 e. The highest BCUT2D eigenvalue weighted by atomic mass is 35.5. The highest BCUT2D eigenvalue weighted by Gasteiger charge is 2.38. The first-order chi connectivity index (χ1) is 18.9. The Kier molecular flexibility index (Phi) is 8.49. The molecule has 3 heterocycles. The van der Waals surface area contributed by atoms with Crippen LogP contribution in [0, 0.1) is 11.3 Å². The van der Waals surface area contributed by atoms with Gasteiger partial charge in [-0.1, -0.05) is 42.7 Å². The third kappa shape index (κ3) is 5.80. The van der Waals surface area contributed by atoms with Gasteiger partial charge in [0.1, 0.15) is 12.4 Å². The zero-order valence-electron chi connectivity index (χ0n) is 23.4. The number of nitrogens with zero attached hydrogens (tertiary/aromatic N) is 7. The Bertz CT molecular complexity index is 1220. The van der Waals surface area contributed by atoms with E-state index in [0.29, 0.717) is 25.6 Å². The molecule has 1 aliphatic carbocycles. The second kappa shape index (κ2) is 12.0. The molecule has 2 aromatic rings. The van der Waals surface area contributed by atoms with Crippen LogP contribution in [0.5, 0.6) is 6.01 Å². The molecule has 0 radical (unpaired) electrons. The van der Waals surface area contributed by atoms with Crippen molar-refractivity contribution in [2.45, 2.75) is 63.6 Å². The SMILES string of the molecule is CC=CN1CCN(c2nc(OCC3(N(C)C)CCCC3)nc3c2CCN(c2ccccc2Cl)C3)C[C@@H]1CC#N. The van der Waals surface area contributed by atoms with Gasteiger partial charge >= 0.3 is 6.01 Å². The van der Waals surface area contributed by atoms with Crippen LogP contribution in [0.2, 0.25) is 5.02 Å². The summed E-state index contributed by atoms with van der Waals surface area (Å²) < 4.78 is 6.44. The number of hydrogen-bond acceptors (Lipinski definition) is 8. The van der Waals surface area contributed by atoms with E-state index in [9.17, 15) is 5.26 Å². The zero-order valence-corrected chi connectivity index (χ0v) is 24.2. The van der Waals surface area contributed by atoms with Gasteiger partial charge in [-0.25, -0.2) is 0 Å². The quantitative estimate of drug-likeness (QED) is 0.461. The van der Waals surface area contributed by atoms with Crippen LogP contribution in [0.15, 0.2) is 36.5 Å². The van der Waals surface area contributed by atoms with E-state index in [-0.39, 0.29) is 11.6 Å². The first kappa shape index (κ1) is 27.5. The number of hydrogen-bond donors (Lipinski definition) is 0. The molecule has 0 N–H and O–H groups in total. The third-order valence-corrected chi connectivity index (χ3v) is 8.98. The number of piperazine rings is 1. The monoisotopic (exact) mass is 549 g/mol. The predicted octanol–water partition coefficient (Wildman–Crippen LogP) is 4.88. The second-order valence-corrected chi connectivity index (χ2v) is 11.6. The Morgan fingerprint density at radius 2 is 1.95 bits per heavy atom. The maximum absolute atomic E-state index is 9.51. The highest BCUT2D eigenvalue weighted by molar-refractivity contribution is 6.33. The third-order valence-electron chi connectivity index (χ3n) is 8.66. The molecular formula is C30H40ClN7O. The Balaban J connectivity index is 1.47. The van der Waals surface area contributed by atoms with Gasteiger partial charge in [0.15, 0.2) is 0 Å². The predicted molar refractivity (Wildman–Crippen MR) is 156 cm³/mol. The van der Waals surface area contributed by atoms with E-state index < -0.39 is 0 Å². The fourth-order valence-electron chi connectivity index (χ4n) is 6.32. The molecule has 0 amide bonds. The van der Waals surface area contributed by atoms with Crippen LogP contribution in [0.1, 0.15) is 50.3 Å². The molecule has 39 heavy (non-hydrogen) atoms. The first-order valence-electron chi connectivity index (χ1n) is 14.1. The van der Waals surface area contributed by atoms with E-state index in [2.05, 4.69) is 52.0 Å². The summed E-state index contributed by atoms with van der Waals surface area (Å²) in [5.41, 5.74) is 3.24. The van der Waals surface area contributed by atoms with Gasteiger partial charge in [-0.15, -0.1) is 0 Å². The van der Waals surface area contributed by atoms with E-state index in [1.165, 1.54) is 18.4 Å². The fourth-order valence-corrected chi connectivity index (χ4v) is 6.57. The molecule has 1 saturated heterocycles. The average Bonchev–Trinajstić information content (AvgIpc) is 3.43. The van der Waals surface area contributed by atoms with Crippen molar-refractivity contribution in [1.29, 1.82) is 5.26 Å². The molecule has 1 aromatic heterocycles. The number of rotatable bonds is 8. The summed E-state index contributed by atoms with van der Waals surface area (Å²) in [6.45, 7) is 6.54. The number of halogens is 1. The van der Waals surface area contributed by atoms with Gasteiger partial charge in [0, 0.05) is 31.7 Å². The molecule has 9 heteroatoms. The second-order valence-electron chi connectivity index (χ2n) is 11.2. The number of fused-ring (bicyclic) bond motifs is 1. The molecule has 0 bridgehead atoms. The molecule has 208 valence electrons. The van der Waals surface area contributed by atoms with Crippen molar-refractivity contribution in [2.24, 2.45) is 0 Å². The van der Waals surface area contributed by atoms with Gasteiger partial charge in [0.2, 0.25) is 0 Å². The zero-order chi connectivity index (χ0) is 27.4. The van der Waals surface area contributed by atoms with Crippen molar-refractivity contribution >= 4 is 23.1 Å².